The van der Waals surface area contributed by atoms with E-state index in [2.05, 4.69) is 4.72 Å². The van der Waals surface area contributed by atoms with Crippen LogP contribution in [-0.2, 0) is 25.4 Å². The predicted molar refractivity (Wildman–Crippen MR) is 108 cm³/mol. The molecule has 1 aromatic rings. The monoisotopic (exact) mass is 409 g/mol. The Morgan fingerprint density at radius 2 is 1.96 bits per heavy atom. The molecule has 0 bridgehead atoms. The van der Waals surface area contributed by atoms with Crippen LogP contribution in [0.3, 0.4) is 0 Å². The molecule has 0 radical (unpaired) electrons. The van der Waals surface area contributed by atoms with Gasteiger partial charge in [-0.15, -0.1) is 0 Å². The number of rotatable bonds is 8. The molecule has 0 aromatic heterocycles. The van der Waals surface area contributed by atoms with Crippen molar-refractivity contribution in [1.29, 1.82) is 0 Å². The summed E-state index contributed by atoms with van der Waals surface area (Å²) < 4.78 is 27.4. The molecule has 2 saturated heterocycles. The third-order valence-corrected chi connectivity index (χ3v) is 6.63. The van der Waals surface area contributed by atoms with Gasteiger partial charge in [-0.1, -0.05) is 30.3 Å². The first-order valence-corrected chi connectivity index (χ1v) is 11.8. The van der Waals surface area contributed by atoms with Crippen molar-refractivity contribution >= 4 is 15.9 Å². The van der Waals surface area contributed by atoms with Crippen LogP contribution in [0, 0.1) is 5.92 Å². The van der Waals surface area contributed by atoms with Crippen LogP contribution in [0.15, 0.2) is 30.3 Å². The van der Waals surface area contributed by atoms with Crippen molar-refractivity contribution < 1.29 is 18.0 Å². The Morgan fingerprint density at radius 3 is 2.71 bits per heavy atom. The number of hydroxylamine groups is 2. The standard InChI is InChI=1S/C20H31N3O4S/c24-20(10-13-23-12-4-5-14-27-23)22-11-6-9-19(16-22)15-21-28(25,26)17-18-7-2-1-3-8-18/h1-3,7-8,19,21H,4-6,9-17H2/t19-/m1/s1. The lowest BCUT2D eigenvalue weighted by molar-refractivity contribution is -0.182. The molecular weight excluding hydrogens is 378 g/mol. The fourth-order valence-electron chi connectivity index (χ4n) is 3.75. The summed E-state index contributed by atoms with van der Waals surface area (Å²) in [7, 11) is -3.37. The minimum Gasteiger partial charge on any atom is -0.342 e. The van der Waals surface area contributed by atoms with Gasteiger partial charge in [0.1, 0.15) is 0 Å². The van der Waals surface area contributed by atoms with E-state index in [0.717, 1.165) is 50.9 Å². The van der Waals surface area contributed by atoms with Crippen molar-refractivity contribution in [1.82, 2.24) is 14.7 Å². The Hall–Kier alpha value is -1.48. The van der Waals surface area contributed by atoms with Gasteiger partial charge in [0, 0.05) is 39.1 Å². The van der Waals surface area contributed by atoms with Gasteiger partial charge in [-0.3, -0.25) is 9.63 Å². The second kappa shape index (κ2) is 10.3. The third-order valence-electron chi connectivity index (χ3n) is 5.31. The molecule has 1 amide bonds. The Morgan fingerprint density at radius 1 is 1.14 bits per heavy atom. The highest BCUT2D eigenvalue weighted by molar-refractivity contribution is 7.88. The molecule has 0 saturated carbocycles. The van der Waals surface area contributed by atoms with Crippen LogP contribution in [0.4, 0.5) is 0 Å². The van der Waals surface area contributed by atoms with Crippen molar-refractivity contribution in [3.05, 3.63) is 35.9 Å². The molecule has 0 aliphatic carbocycles. The first-order chi connectivity index (χ1) is 13.5. The van der Waals surface area contributed by atoms with E-state index in [1.165, 1.54) is 0 Å². The van der Waals surface area contributed by atoms with Crippen LogP contribution in [0.1, 0.15) is 37.7 Å². The zero-order valence-corrected chi connectivity index (χ0v) is 17.2. The van der Waals surface area contributed by atoms with Gasteiger partial charge in [0.25, 0.3) is 0 Å². The zero-order chi connectivity index (χ0) is 19.8. The molecule has 8 heteroatoms. The smallest absolute Gasteiger partial charge is 0.223 e. The third kappa shape index (κ3) is 6.84. The van der Waals surface area contributed by atoms with Crippen LogP contribution < -0.4 is 4.72 Å². The summed E-state index contributed by atoms with van der Waals surface area (Å²) in [5.74, 6) is 0.277. The lowest BCUT2D eigenvalue weighted by atomic mass is 9.98. The number of nitrogens with one attached hydrogen (secondary N) is 1. The minimum atomic E-state index is -3.37. The lowest BCUT2D eigenvalue weighted by Gasteiger charge is -2.33. The average molecular weight is 410 g/mol. The van der Waals surface area contributed by atoms with E-state index in [9.17, 15) is 13.2 Å². The Balaban J connectivity index is 1.42. The number of piperidine rings is 1. The van der Waals surface area contributed by atoms with E-state index in [1.807, 2.05) is 40.3 Å². The molecule has 3 rings (SSSR count). The largest absolute Gasteiger partial charge is 0.342 e. The van der Waals surface area contributed by atoms with E-state index < -0.39 is 10.0 Å². The molecule has 2 aliphatic rings. The summed E-state index contributed by atoms with van der Waals surface area (Å²) in [4.78, 5) is 20.0. The van der Waals surface area contributed by atoms with Crippen molar-refractivity contribution in [3.8, 4) is 0 Å². The quantitative estimate of drug-likeness (QED) is 0.708. The molecule has 7 nitrogen and oxygen atoms in total. The highest BCUT2D eigenvalue weighted by Gasteiger charge is 2.25. The van der Waals surface area contributed by atoms with E-state index in [0.29, 0.717) is 26.1 Å². The van der Waals surface area contributed by atoms with Gasteiger partial charge in [0.2, 0.25) is 15.9 Å². The molecule has 1 atom stereocenters. The molecule has 0 spiro atoms. The molecule has 2 heterocycles. The Kier molecular flexibility index (Phi) is 7.84. The molecule has 156 valence electrons. The van der Waals surface area contributed by atoms with E-state index in [1.54, 1.807) is 0 Å². The fourth-order valence-corrected chi connectivity index (χ4v) is 4.97. The highest BCUT2D eigenvalue weighted by atomic mass is 32.2. The van der Waals surface area contributed by atoms with Gasteiger partial charge < -0.3 is 4.90 Å². The summed E-state index contributed by atoms with van der Waals surface area (Å²) >= 11 is 0. The van der Waals surface area contributed by atoms with Gasteiger partial charge in [-0.2, -0.15) is 5.06 Å². The zero-order valence-electron chi connectivity index (χ0n) is 16.4. The molecular formula is C20H31N3O4S. The molecule has 0 unspecified atom stereocenters. The van der Waals surface area contributed by atoms with Gasteiger partial charge in [-0.25, -0.2) is 13.1 Å². The number of benzene rings is 1. The fraction of sp³-hybridized carbons (Fsp3) is 0.650. The number of carbonyl (C=O) groups is 1. The molecule has 28 heavy (non-hydrogen) atoms. The number of hydrogen-bond donors (Lipinski definition) is 1. The van der Waals surface area contributed by atoms with Gasteiger partial charge >= 0.3 is 0 Å². The molecule has 2 fully saturated rings. The summed E-state index contributed by atoms with van der Waals surface area (Å²) in [5, 5.41) is 1.89. The number of amides is 1. The maximum atomic E-state index is 12.5. The maximum absolute atomic E-state index is 12.5. The van der Waals surface area contributed by atoms with Crippen LogP contribution in [-0.4, -0.2) is 63.6 Å². The summed E-state index contributed by atoms with van der Waals surface area (Å²) in [6.45, 7) is 4.01. The summed E-state index contributed by atoms with van der Waals surface area (Å²) in [6, 6.07) is 9.17. The number of hydrogen-bond acceptors (Lipinski definition) is 5. The lowest BCUT2D eigenvalue weighted by Crippen LogP contribution is -2.44. The first-order valence-electron chi connectivity index (χ1n) is 10.2. The first kappa shape index (κ1) is 21.2. The van der Waals surface area contributed by atoms with Crippen molar-refractivity contribution in [3.63, 3.8) is 0 Å². The second-order valence-corrected chi connectivity index (χ2v) is 9.47. The van der Waals surface area contributed by atoms with Crippen LogP contribution in [0.5, 0.6) is 0 Å². The molecule has 1 N–H and O–H groups in total. The Labute approximate surface area is 168 Å². The summed E-state index contributed by atoms with van der Waals surface area (Å²) in [5.41, 5.74) is 0.774. The Bertz CT molecular complexity index is 720. The average Bonchev–Trinajstić information content (AvgIpc) is 2.72. The minimum absolute atomic E-state index is 0.0148. The van der Waals surface area contributed by atoms with Crippen LogP contribution in [0.25, 0.3) is 0 Å². The predicted octanol–water partition coefficient (Wildman–Crippen LogP) is 1.76. The normalized spacial score (nSPS) is 21.6. The van der Waals surface area contributed by atoms with Crippen LogP contribution in [0.2, 0.25) is 0 Å². The van der Waals surface area contributed by atoms with Crippen molar-refractivity contribution in [2.24, 2.45) is 5.92 Å². The number of sulfonamides is 1. The molecule has 1 aromatic carbocycles. The maximum Gasteiger partial charge on any atom is 0.223 e. The van der Waals surface area contributed by atoms with E-state index in [4.69, 9.17) is 4.84 Å². The van der Waals surface area contributed by atoms with Gasteiger partial charge in [0.15, 0.2) is 0 Å². The second-order valence-electron chi connectivity index (χ2n) is 7.66. The number of nitrogens with zero attached hydrogens (tertiary/aromatic N) is 2. The van der Waals surface area contributed by atoms with Crippen molar-refractivity contribution in [2.45, 2.75) is 37.9 Å². The highest BCUT2D eigenvalue weighted by Crippen LogP contribution is 2.18. The van der Waals surface area contributed by atoms with Crippen LogP contribution >= 0.6 is 0 Å². The van der Waals surface area contributed by atoms with Gasteiger partial charge in [0.05, 0.1) is 12.4 Å². The number of carbonyl (C=O) groups excluding carboxylic acids is 1. The SMILES string of the molecule is O=C(CCN1CCCCO1)N1CCC[C@H](CNS(=O)(=O)Cc2ccccc2)C1. The van der Waals surface area contributed by atoms with E-state index >= 15 is 0 Å². The van der Waals surface area contributed by atoms with Crippen molar-refractivity contribution in [2.75, 3.05) is 39.3 Å². The summed E-state index contributed by atoms with van der Waals surface area (Å²) in [6.07, 6.45) is 4.50. The van der Waals surface area contributed by atoms with Gasteiger partial charge in [-0.05, 0) is 37.2 Å². The number of likely N-dealkylation sites (tertiary alicyclic amines) is 1. The molecule has 2 aliphatic heterocycles. The van der Waals surface area contributed by atoms with E-state index in [-0.39, 0.29) is 17.6 Å². The topological polar surface area (TPSA) is 79.0 Å².